The van der Waals surface area contributed by atoms with E-state index in [1.54, 1.807) is 38.3 Å². The van der Waals surface area contributed by atoms with E-state index in [4.69, 9.17) is 9.47 Å². The molecule has 1 heterocycles. The quantitative estimate of drug-likeness (QED) is 0.848. The minimum Gasteiger partial charge on any atom is -0.497 e. The summed E-state index contributed by atoms with van der Waals surface area (Å²) in [6.45, 7) is 1.77. The van der Waals surface area contributed by atoms with Crippen molar-refractivity contribution in [1.82, 2.24) is 9.97 Å². The van der Waals surface area contributed by atoms with Crippen LogP contribution in [0.15, 0.2) is 24.3 Å². The van der Waals surface area contributed by atoms with E-state index in [1.807, 2.05) is 0 Å². The summed E-state index contributed by atoms with van der Waals surface area (Å²) in [5.41, 5.74) is 0.861. The molecule has 3 rings (SSSR count). The van der Waals surface area contributed by atoms with Crippen LogP contribution in [-0.4, -0.2) is 36.1 Å². The Bertz CT molecular complexity index is 759. The highest BCUT2D eigenvalue weighted by Gasteiger charge is 2.22. The largest absolute Gasteiger partial charge is 0.497 e. The maximum absolute atomic E-state index is 12.5. The smallest absolute Gasteiger partial charge is 0.274 e. The van der Waals surface area contributed by atoms with Crippen LogP contribution in [0.2, 0.25) is 0 Å². The first-order valence-corrected chi connectivity index (χ1v) is 7.74. The molecule has 7 heteroatoms. The van der Waals surface area contributed by atoms with Gasteiger partial charge in [-0.2, -0.15) is 0 Å². The van der Waals surface area contributed by atoms with E-state index >= 15 is 0 Å². The molecule has 1 aromatic heterocycles. The Kier molecular flexibility index (Phi) is 4.50. The van der Waals surface area contributed by atoms with Gasteiger partial charge in [-0.3, -0.25) is 4.79 Å². The summed E-state index contributed by atoms with van der Waals surface area (Å²) in [6.07, 6.45) is 2.27. The second-order valence-electron chi connectivity index (χ2n) is 5.62. The number of aromatic nitrogens is 2. The first-order valence-electron chi connectivity index (χ1n) is 7.74. The molecule has 1 aliphatic carbocycles. The van der Waals surface area contributed by atoms with Gasteiger partial charge in [0, 0.05) is 18.2 Å². The molecule has 0 aliphatic heterocycles. The molecule has 0 radical (unpaired) electrons. The maximum atomic E-state index is 12.5. The van der Waals surface area contributed by atoms with Crippen molar-refractivity contribution in [2.24, 2.45) is 0 Å². The highest BCUT2D eigenvalue weighted by atomic mass is 16.5. The Morgan fingerprint density at radius 1 is 1.17 bits per heavy atom. The van der Waals surface area contributed by atoms with Gasteiger partial charge in [0.1, 0.15) is 28.8 Å². The third-order valence-corrected chi connectivity index (χ3v) is 3.66. The number of nitrogens with one attached hydrogen (secondary N) is 2. The Labute approximate surface area is 140 Å². The number of methoxy groups -OCH3 is 2. The molecule has 0 bridgehead atoms. The van der Waals surface area contributed by atoms with E-state index in [2.05, 4.69) is 20.6 Å². The molecule has 7 nitrogen and oxygen atoms in total. The van der Waals surface area contributed by atoms with Gasteiger partial charge in [-0.25, -0.2) is 9.97 Å². The first-order chi connectivity index (χ1) is 11.6. The second kappa shape index (κ2) is 6.74. The Hall–Kier alpha value is -2.83. The number of aryl methyl sites for hydroxylation is 1. The van der Waals surface area contributed by atoms with E-state index in [1.165, 1.54) is 7.11 Å². The summed E-state index contributed by atoms with van der Waals surface area (Å²) in [5.74, 6) is 2.08. The monoisotopic (exact) mass is 328 g/mol. The topological polar surface area (TPSA) is 85.4 Å². The van der Waals surface area contributed by atoms with E-state index in [-0.39, 0.29) is 5.91 Å². The van der Waals surface area contributed by atoms with Gasteiger partial charge < -0.3 is 20.1 Å². The highest BCUT2D eigenvalue weighted by molar-refractivity contribution is 6.04. The van der Waals surface area contributed by atoms with Crippen LogP contribution in [0.3, 0.4) is 0 Å². The molecule has 1 fully saturated rings. The van der Waals surface area contributed by atoms with E-state index in [9.17, 15) is 4.79 Å². The lowest BCUT2D eigenvalue weighted by atomic mass is 10.2. The lowest BCUT2D eigenvalue weighted by molar-refractivity contribution is 0.102. The third kappa shape index (κ3) is 3.73. The Morgan fingerprint density at radius 2 is 1.96 bits per heavy atom. The van der Waals surface area contributed by atoms with Crippen molar-refractivity contribution in [3.63, 3.8) is 0 Å². The molecule has 0 atom stereocenters. The van der Waals surface area contributed by atoms with Gasteiger partial charge in [-0.15, -0.1) is 0 Å². The average Bonchev–Trinajstić information content (AvgIpc) is 3.38. The Morgan fingerprint density at radius 3 is 2.62 bits per heavy atom. The molecule has 0 unspecified atom stereocenters. The molecule has 2 N–H and O–H groups in total. The van der Waals surface area contributed by atoms with Crippen molar-refractivity contribution in [1.29, 1.82) is 0 Å². The lowest BCUT2D eigenvalue weighted by Gasteiger charge is -2.12. The SMILES string of the molecule is COc1ccc(NC(=O)c2cc(NC3CC3)nc(C)n2)c(OC)c1. The number of hydrogen-bond acceptors (Lipinski definition) is 6. The summed E-state index contributed by atoms with van der Waals surface area (Å²) in [6, 6.07) is 7.31. The summed E-state index contributed by atoms with van der Waals surface area (Å²) in [4.78, 5) is 21.1. The van der Waals surface area contributed by atoms with Crippen molar-refractivity contribution in [2.45, 2.75) is 25.8 Å². The third-order valence-electron chi connectivity index (χ3n) is 3.66. The molecule has 0 saturated heterocycles. The van der Waals surface area contributed by atoms with Gasteiger partial charge in [-0.1, -0.05) is 0 Å². The molecule has 1 saturated carbocycles. The lowest BCUT2D eigenvalue weighted by Crippen LogP contribution is -2.16. The van der Waals surface area contributed by atoms with Crippen LogP contribution in [0, 0.1) is 6.92 Å². The maximum Gasteiger partial charge on any atom is 0.274 e. The molecule has 126 valence electrons. The van der Waals surface area contributed by atoms with Crippen molar-refractivity contribution in [2.75, 3.05) is 24.9 Å². The van der Waals surface area contributed by atoms with Crippen LogP contribution >= 0.6 is 0 Å². The predicted octanol–water partition coefficient (Wildman–Crippen LogP) is 2.63. The summed E-state index contributed by atoms with van der Waals surface area (Å²) < 4.78 is 10.4. The van der Waals surface area contributed by atoms with Crippen LogP contribution in [0.25, 0.3) is 0 Å². The number of hydrogen-bond donors (Lipinski definition) is 2. The standard InChI is InChI=1S/C17H20N4O3/c1-10-18-14(9-16(19-10)20-11-4-5-11)17(22)21-13-7-6-12(23-2)8-15(13)24-3/h6-9,11H,4-5H2,1-3H3,(H,21,22)(H,18,19,20). The van der Waals surface area contributed by atoms with Gasteiger partial charge in [0.05, 0.1) is 19.9 Å². The number of nitrogens with zero attached hydrogens (tertiary/aromatic N) is 2. The van der Waals surface area contributed by atoms with Gasteiger partial charge in [-0.05, 0) is 31.9 Å². The number of carbonyl (C=O) groups is 1. The van der Waals surface area contributed by atoms with Crippen molar-refractivity contribution >= 4 is 17.4 Å². The van der Waals surface area contributed by atoms with Crippen LogP contribution in [0.1, 0.15) is 29.2 Å². The fourth-order valence-corrected chi connectivity index (χ4v) is 2.28. The molecule has 1 aromatic carbocycles. The van der Waals surface area contributed by atoms with Crippen LogP contribution < -0.4 is 20.1 Å². The Balaban J connectivity index is 1.80. The van der Waals surface area contributed by atoms with Crippen molar-refractivity contribution in [3.8, 4) is 11.5 Å². The highest BCUT2D eigenvalue weighted by Crippen LogP contribution is 2.29. The van der Waals surface area contributed by atoms with Crippen LogP contribution in [-0.2, 0) is 0 Å². The molecule has 2 aromatic rings. The molecule has 0 spiro atoms. The van der Waals surface area contributed by atoms with Crippen LogP contribution in [0.4, 0.5) is 11.5 Å². The summed E-state index contributed by atoms with van der Waals surface area (Å²) >= 11 is 0. The van der Waals surface area contributed by atoms with E-state index in [0.29, 0.717) is 40.6 Å². The second-order valence-corrected chi connectivity index (χ2v) is 5.62. The molecular weight excluding hydrogens is 308 g/mol. The number of carbonyl (C=O) groups excluding carboxylic acids is 1. The normalized spacial score (nSPS) is 13.3. The number of benzene rings is 1. The number of rotatable bonds is 6. The van der Waals surface area contributed by atoms with Gasteiger partial charge >= 0.3 is 0 Å². The number of anilines is 2. The van der Waals surface area contributed by atoms with Gasteiger partial charge in [0.25, 0.3) is 5.91 Å². The zero-order valence-corrected chi connectivity index (χ0v) is 13.9. The average molecular weight is 328 g/mol. The number of ether oxygens (including phenoxy) is 2. The first kappa shape index (κ1) is 16.0. The van der Waals surface area contributed by atoms with Crippen molar-refractivity contribution < 1.29 is 14.3 Å². The van der Waals surface area contributed by atoms with Crippen molar-refractivity contribution in [3.05, 3.63) is 35.8 Å². The zero-order chi connectivity index (χ0) is 17.1. The molecule has 1 aliphatic rings. The van der Waals surface area contributed by atoms with Gasteiger partial charge in [0.2, 0.25) is 0 Å². The summed E-state index contributed by atoms with van der Waals surface area (Å²) in [5, 5.41) is 6.10. The number of amides is 1. The molecular formula is C17H20N4O3. The fraction of sp³-hybridized carbons (Fsp3) is 0.353. The van der Waals surface area contributed by atoms with E-state index < -0.39 is 0 Å². The summed E-state index contributed by atoms with van der Waals surface area (Å²) in [7, 11) is 3.11. The zero-order valence-electron chi connectivity index (χ0n) is 13.9. The molecule has 24 heavy (non-hydrogen) atoms. The fourth-order valence-electron chi connectivity index (χ4n) is 2.28. The van der Waals surface area contributed by atoms with E-state index in [0.717, 1.165) is 12.8 Å². The minimum absolute atomic E-state index is 0.309. The molecule has 1 amide bonds. The van der Waals surface area contributed by atoms with Gasteiger partial charge in [0.15, 0.2) is 0 Å². The predicted molar refractivity (Wildman–Crippen MR) is 90.9 cm³/mol. The minimum atomic E-state index is -0.317. The van der Waals surface area contributed by atoms with Crippen LogP contribution in [0.5, 0.6) is 11.5 Å².